The second kappa shape index (κ2) is 10.9. The van der Waals surface area contributed by atoms with Crippen molar-refractivity contribution < 1.29 is 89.1 Å². The van der Waals surface area contributed by atoms with E-state index in [1.807, 2.05) is 0 Å². The molecule has 204 valence electrons. The summed E-state index contributed by atoms with van der Waals surface area (Å²) in [5.74, 6) is -7.11. The van der Waals surface area contributed by atoms with Crippen molar-refractivity contribution in [1.29, 1.82) is 0 Å². The molecular weight excluding hydrogens is 504 g/mol. The van der Waals surface area contributed by atoms with Gasteiger partial charge in [-0.2, -0.15) is 0 Å². The number of carboxylic acids is 3. The maximum absolute atomic E-state index is 11.7. The van der Waals surface area contributed by atoms with Gasteiger partial charge in [-0.3, -0.25) is 0 Å². The molecule has 0 aliphatic carbocycles. The molecule has 2 saturated heterocycles. The Labute approximate surface area is 199 Å². The molecule has 1 unspecified atom stereocenters. The molecule has 0 aromatic rings. The number of rotatable bonds is 7. The van der Waals surface area contributed by atoms with Crippen molar-refractivity contribution in [2.75, 3.05) is 0 Å². The Morgan fingerprint density at radius 1 is 0.694 bits per heavy atom. The molecule has 18 nitrogen and oxygen atoms in total. The van der Waals surface area contributed by atoms with Crippen LogP contribution in [0.25, 0.3) is 0 Å². The number of carbonyl (C=O) groups excluding carboxylic acids is 3. The lowest BCUT2D eigenvalue weighted by Crippen LogP contribution is -2.68. The van der Waals surface area contributed by atoms with Gasteiger partial charge in [-0.25, -0.2) is 0 Å². The lowest BCUT2D eigenvalue weighted by atomic mass is 9.96. The molecule has 3 heterocycles. The van der Waals surface area contributed by atoms with E-state index in [9.17, 15) is 65.4 Å². The van der Waals surface area contributed by atoms with Gasteiger partial charge < -0.3 is 89.1 Å². The summed E-state index contributed by atoms with van der Waals surface area (Å²) in [5, 5.41) is 104. The van der Waals surface area contributed by atoms with Crippen LogP contribution in [-0.2, 0) is 38.1 Å². The summed E-state index contributed by atoms with van der Waals surface area (Å²) in [6, 6.07) is 0. The van der Waals surface area contributed by atoms with E-state index < -0.39 is 104 Å². The molecule has 7 N–H and O–H groups in total. The largest absolute Gasteiger partial charge is 0.547 e. The highest BCUT2D eigenvalue weighted by molar-refractivity contribution is 5.82. The maximum Gasteiger partial charge on any atom is 0.229 e. The molecule has 3 aliphatic rings. The third-order valence-corrected chi connectivity index (χ3v) is 5.55. The van der Waals surface area contributed by atoms with Crippen LogP contribution in [0, 0.1) is 0 Å². The summed E-state index contributed by atoms with van der Waals surface area (Å²) < 4.78 is 24.5. The minimum absolute atomic E-state index is 0.555. The van der Waals surface area contributed by atoms with Crippen molar-refractivity contribution in [3.63, 3.8) is 0 Å². The fourth-order valence-electron chi connectivity index (χ4n) is 3.67. The van der Waals surface area contributed by atoms with Gasteiger partial charge in [0.1, 0.15) is 72.8 Å². The SMILES string of the molecule is O=C([O-])C1=C[C@H](O)[C@@H](O)[C@@H](O[C@@H]2[C@H](O)[C@@H](O)[C@@H](O[C@@H]3[C@H](O)[C@@H](O)C(O)O[C@@H]3C(=O)[O-])O[C@@H]2C(=O)[O-])O1. The van der Waals surface area contributed by atoms with Crippen LogP contribution in [0.5, 0.6) is 0 Å². The van der Waals surface area contributed by atoms with Crippen molar-refractivity contribution in [1.82, 2.24) is 0 Å². The molecular formula is C18H21O18-3. The Hall–Kier alpha value is -2.49. The monoisotopic (exact) mass is 525 g/mol. The molecule has 0 aromatic carbocycles. The first-order valence-corrected chi connectivity index (χ1v) is 10.1. The van der Waals surface area contributed by atoms with E-state index in [0.717, 1.165) is 0 Å². The second-order valence-corrected chi connectivity index (χ2v) is 7.96. The summed E-state index contributed by atoms with van der Waals surface area (Å²) in [7, 11) is 0. The zero-order valence-electron chi connectivity index (χ0n) is 17.7. The average molecular weight is 525 g/mol. The van der Waals surface area contributed by atoms with Gasteiger partial charge in [-0.05, 0) is 6.08 Å². The van der Waals surface area contributed by atoms with E-state index >= 15 is 0 Å². The molecule has 13 atom stereocenters. The molecule has 3 aliphatic heterocycles. The van der Waals surface area contributed by atoms with Crippen LogP contribution in [0.3, 0.4) is 0 Å². The Morgan fingerprint density at radius 3 is 1.72 bits per heavy atom. The van der Waals surface area contributed by atoms with Crippen LogP contribution < -0.4 is 15.3 Å². The number of aliphatic hydroxyl groups is 7. The first kappa shape index (κ1) is 28.1. The van der Waals surface area contributed by atoms with E-state index in [1.54, 1.807) is 0 Å². The van der Waals surface area contributed by atoms with Gasteiger partial charge in [-0.1, -0.05) is 0 Å². The van der Waals surface area contributed by atoms with Crippen molar-refractivity contribution in [2.24, 2.45) is 0 Å². The smallest absolute Gasteiger partial charge is 0.229 e. The number of hydrogen-bond acceptors (Lipinski definition) is 18. The Balaban J connectivity index is 1.81. The first-order valence-electron chi connectivity index (χ1n) is 10.1. The van der Waals surface area contributed by atoms with Crippen molar-refractivity contribution >= 4 is 17.9 Å². The highest BCUT2D eigenvalue weighted by atomic mass is 16.8. The summed E-state index contributed by atoms with van der Waals surface area (Å²) in [4.78, 5) is 34.0. The molecule has 0 saturated carbocycles. The van der Waals surface area contributed by atoms with Gasteiger partial charge in [0.25, 0.3) is 0 Å². The number of ether oxygens (including phenoxy) is 5. The molecule has 0 bridgehead atoms. The van der Waals surface area contributed by atoms with E-state index in [1.165, 1.54) is 0 Å². The predicted molar refractivity (Wildman–Crippen MR) is 93.3 cm³/mol. The maximum atomic E-state index is 11.7. The quantitative estimate of drug-likeness (QED) is 0.162. The van der Waals surface area contributed by atoms with Crippen LogP contribution >= 0.6 is 0 Å². The number of aliphatic hydroxyl groups excluding tert-OH is 7. The molecule has 36 heavy (non-hydrogen) atoms. The Kier molecular flexibility index (Phi) is 8.48. The highest BCUT2D eigenvalue weighted by Crippen LogP contribution is 2.31. The van der Waals surface area contributed by atoms with Crippen LogP contribution in [0.4, 0.5) is 0 Å². The number of hydrogen-bond donors (Lipinski definition) is 7. The number of carbonyl (C=O) groups is 3. The van der Waals surface area contributed by atoms with Crippen LogP contribution in [-0.4, -0.2) is 134 Å². The number of carboxylic acid groups (broad SMARTS) is 3. The normalized spacial score (nSPS) is 45.3. The van der Waals surface area contributed by atoms with E-state index in [0.29, 0.717) is 6.08 Å². The van der Waals surface area contributed by atoms with Gasteiger partial charge >= 0.3 is 0 Å². The van der Waals surface area contributed by atoms with E-state index in [2.05, 4.69) is 4.74 Å². The molecule has 18 heteroatoms. The summed E-state index contributed by atoms with van der Waals surface area (Å²) in [6.45, 7) is 0. The lowest BCUT2D eigenvalue weighted by Gasteiger charge is -2.47. The van der Waals surface area contributed by atoms with Crippen molar-refractivity contribution in [2.45, 2.75) is 79.9 Å². The number of aliphatic carboxylic acids is 3. The zero-order valence-corrected chi connectivity index (χ0v) is 17.7. The molecule has 0 spiro atoms. The van der Waals surface area contributed by atoms with Gasteiger partial charge in [-0.15, -0.1) is 0 Å². The van der Waals surface area contributed by atoms with E-state index in [4.69, 9.17) is 18.9 Å². The van der Waals surface area contributed by atoms with Crippen LogP contribution in [0.1, 0.15) is 0 Å². The summed E-state index contributed by atoms with van der Waals surface area (Å²) >= 11 is 0. The average Bonchev–Trinajstić information content (AvgIpc) is 2.80. The van der Waals surface area contributed by atoms with Crippen LogP contribution in [0.15, 0.2) is 11.8 Å². The fourth-order valence-corrected chi connectivity index (χ4v) is 3.67. The van der Waals surface area contributed by atoms with Gasteiger partial charge in [0.2, 0.25) is 6.29 Å². The Bertz CT molecular complexity index is 876. The fraction of sp³-hybridized carbons (Fsp3) is 0.722. The molecule has 2 fully saturated rings. The first-order chi connectivity index (χ1) is 16.7. The minimum atomic E-state index is -2.38. The molecule has 3 rings (SSSR count). The van der Waals surface area contributed by atoms with Gasteiger partial charge in [0.15, 0.2) is 12.6 Å². The summed E-state index contributed by atoms with van der Waals surface area (Å²) in [6.07, 6.45) is -27.8. The van der Waals surface area contributed by atoms with Gasteiger partial charge in [0, 0.05) is 0 Å². The molecule has 0 amide bonds. The van der Waals surface area contributed by atoms with E-state index in [-0.39, 0.29) is 0 Å². The predicted octanol–water partition coefficient (Wildman–Crippen LogP) is -10.1. The van der Waals surface area contributed by atoms with Gasteiger partial charge in [0.05, 0.1) is 11.9 Å². The third-order valence-electron chi connectivity index (χ3n) is 5.55. The molecule has 0 radical (unpaired) electrons. The second-order valence-electron chi connectivity index (χ2n) is 7.96. The summed E-state index contributed by atoms with van der Waals surface area (Å²) in [5.41, 5.74) is 0. The van der Waals surface area contributed by atoms with Crippen LogP contribution in [0.2, 0.25) is 0 Å². The van der Waals surface area contributed by atoms with Crippen molar-refractivity contribution in [3.8, 4) is 0 Å². The lowest BCUT2D eigenvalue weighted by molar-refractivity contribution is -0.387. The standard InChI is InChI=1S/C18H24O18/c19-2-1-3(13(25)26)32-17(4(2)20)34-10-6(22)8(24)18(36-12(10)15(29)30)35-9-5(21)7(23)16(31)33-11(9)14(27)28/h1-2,4-12,16-24,31H,(H,25,26)(H,27,28)(H,29,30)/p-3/t2-,4+,5+,6+,7+,8+,9+,10+,11-,12-,16?,17+,18-/m0/s1. The topological polar surface area (TPSA) is 308 Å². The zero-order chi connectivity index (χ0) is 27.1. The molecule has 0 aromatic heterocycles. The highest BCUT2D eigenvalue weighted by Gasteiger charge is 2.53. The third kappa shape index (κ3) is 5.43. The Morgan fingerprint density at radius 2 is 1.19 bits per heavy atom. The van der Waals surface area contributed by atoms with Crippen molar-refractivity contribution in [3.05, 3.63) is 11.8 Å². The minimum Gasteiger partial charge on any atom is -0.547 e.